The zero-order chi connectivity index (χ0) is 24.4. The minimum atomic E-state index is -0.529. The lowest BCUT2D eigenvalue weighted by Crippen LogP contribution is -2.48. The monoisotopic (exact) mass is 515 g/mol. The van der Waals surface area contributed by atoms with E-state index in [4.69, 9.17) is 54.4 Å². The Hall–Kier alpha value is -2.95. The molecule has 0 unspecified atom stereocenters. The summed E-state index contributed by atoms with van der Waals surface area (Å²) in [4.78, 5) is 24.5. The summed E-state index contributed by atoms with van der Waals surface area (Å²) in [7, 11) is 4.34. The minimum Gasteiger partial charge on any atom is -0.493 e. The molecular weight excluding hydrogens is 493 g/mol. The molecule has 0 saturated carbocycles. The van der Waals surface area contributed by atoms with E-state index in [2.05, 4.69) is 16.2 Å². The Kier molecular flexibility index (Phi) is 10.3. The van der Waals surface area contributed by atoms with Crippen LogP contribution in [0.4, 0.5) is 0 Å². The number of carbonyl (C=O) groups excluding carboxylic acids is 2. The molecule has 0 fully saturated rings. The molecule has 0 spiro atoms. The van der Waals surface area contributed by atoms with Crippen LogP contribution in [0.5, 0.6) is 23.0 Å². The van der Waals surface area contributed by atoms with E-state index in [0.29, 0.717) is 39.5 Å². The highest BCUT2D eigenvalue weighted by atomic mass is 35.5. The molecule has 0 radical (unpaired) electrons. The second-order valence-electron chi connectivity index (χ2n) is 6.40. The van der Waals surface area contributed by atoms with Gasteiger partial charge >= 0.3 is 0 Å². The van der Waals surface area contributed by atoms with Gasteiger partial charge in [0.15, 0.2) is 16.6 Å². The molecule has 2 rings (SSSR count). The number of nitrogens with one attached hydrogen (secondary N) is 3. The SMILES string of the molecule is COc1cc(C(=O)NNC(=S)NC(=O)CCCOc2ccc(Cl)cc2Cl)cc(OC)c1OC. The molecule has 9 nitrogen and oxygen atoms in total. The highest BCUT2D eigenvalue weighted by Crippen LogP contribution is 2.38. The number of thiocarbonyl (C=S) groups is 1. The Balaban J connectivity index is 1.77. The zero-order valence-corrected chi connectivity index (χ0v) is 20.5. The summed E-state index contributed by atoms with van der Waals surface area (Å²) in [5.41, 5.74) is 5.09. The van der Waals surface area contributed by atoms with E-state index in [0.717, 1.165) is 0 Å². The standard InChI is InChI=1S/C21H23Cl2N3O6S/c1-29-16-9-12(10-17(30-2)19(16)31-3)20(28)25-26-21(33)24-18(27)5-4-8-32-15-7-6-13(22)11-14(15)23/h6-7,9-11H,4-5,8H2,1-3H3,(H,25,28)(H2,24,26,27,33). The summed E-state index contributed by atoms with van der Waals surface area (Å²) in [5.74, 6) is 0.599. The number of ether oxygens (including phenoxy) is 4. The average Bonchev–Trinajstić information content (AvgIpc) is 2.80. The number of rotatable bonds is 9. The predicted molar refractivity (Wildman–Crippen MR) is 129 cm³/mol. The van der Waals surface area contributed by atoms with Gasteiger partial charge in [-0.1, -0.05) is 23.2 Å². The third-order valence-corrected chi connectivity index (χ3v) is 4.90. The fraction of sp³-hybridized carbons (Fsp3) is 0.286. The highest BCUT2D eigenvalue weighted by Gasteiger charge is 2.17. The molecule has 0 atom stereocenters. The Bertz CT molecular complexity index is 996. The summed E-state index contributed by atoms with van der Waals surface area (Å²) in [6, 6.07) is 7.84. The smallest absolute Gasteiger partial charge is 0.269 e. The summed E-state index contributed by atoms with van der Waals surface area (Å²) in [6.45, 7) is 0.271. The number of carbonyl (C=O) groups is 2. The third-order valence-electron chi connectivity index (χ3n) is 4.17. The maximum absolute atomic E-state index is 12.4. The van der Waals surface area contributed by atoms with Gasteiger partial charge in [-0.15, -0.1) is 0 Å². The predicted octanol–water partition coefficient (Wildman–Crippen LogP) is 3.51. The van der Waals surface area contributed by atoms with Gasteiger partial charge < -0.3 is 24.3 Å². The first kappa shape index (κ1) is 26.3. The van der Waals surface area contributed by atoms with Gasteiger partial charge in [-0.05, 0) is 49.0 Å². The van der Waals surface area contributed by atoms with E-state index in [9.17, 15) is 9.59 Å². The Labute approximate surface area is 206 Å². The molecule has 2 aromatic carbocycles. The lowest BCUT2D eigenvalue weighted by atomic mass is 10.1. The minimum absolute atomic E-state index is 0.0672. The molecule has 178 valence electrons. The lowest BCUT2D eigenvalue weighted by Gasteiger charge is -2.15. The van der Waals surface area contributed by atoms with Crippen molar-refractivity contribution in [2.45, 2.75) is 12.8 Å². The molecule has 33 heavy (non-hydrogen) atoms. The number of amides is 2. The fourth-order valence-electron chi connectivity index (χ4n) is 2.63. The van der Waals surface area contributed by atoms with Crippen molar-refractivity contribution in [3.63, 3.8) is 0 Å². The van der Waals surface area contributed by atoms with Crippen LogP contribution in [0.1, 0.15) is 23.2 Å². The average molecular weight is 516 g/mol. The van der Waals surface area contributed by atoms with Crippen molar-refractivity contribution < 1.29 is 28.5 Å². The number of hydrogen-bond acceptors (Lipinski definition) is 7. The first-order valence-electron chi connectivity index (χ1n) is 9.57. The van der Waals surface area contributed by atoms with E-state index < -0.39 is 5.91 Å². The van der Waals surface area contributed by atoms with Gasteiger partial charge in [0.05, 0.1) is 33.0 Å². The number of hydrazine groups is 1. The van der Waals surface area contributed by atoms with Crippen LogP contribution in [0.15, 0.2) is 30.3 Å². The highest BCUT2D eigenvalue weighted by molar-refractivity contribution is 7.80. The van der Waals surface area contributed by atoms with Crippen LogP contribution < -0.4 is 35.1 Å². The van der Waals surface area contributed by atoms with Gasteiger partial charge in [-0.25, -0.2) is 0 Å². The van der Waals surface area contributed by atoms with Crippen molar-refractivity contribution in [1.82, 2.24) is 16.2 Å². The first-order chi connectivity index (χ1) is 15.8. The molecule has 2 aromatic rings. The van der Waals surface area contributed by atoms with E-state index in [1.165, 1.54) is 33.5 Å². The lowest BCUT2D eigenvalue weighted by molar-refractivity contribution is -0.119. The largest absolute Gasteiger partial charge is 0.493 e. The molecule has 0 heterocycles. The number of benzene rings is 2. The Morgan fingerprint density at radius 2 is 1.61 bits per heavy atom. The van der Waals surface area contributed by atoms with Crippen LogP contribution in [0, 0.1) is 0 Å². The maximum Gasteiger partial charge on any atom is 0.269 e. The second-order valence-corrected chi connectivity index (χ2v) is 7.65. The summed E-state index contributed by atoms with van der Waals surface area (Å²) >= 11 is 16.9. The molecular formula is C21H23Cl2N3O6S. The van der Waals surface area contributed by atoms with Crippen LogP contribution in [0.25, 0.3) is 0 Å². The Morgan fingerprint density at radius 1 is 0.939 bits per heavy atom. The van der Waals surface area contributed by atoms with Crippen molar-refractivity contribution in [2.75, 3.05) is 27.9 Å². The van der Waals surface area contributed by atoms with Crippen LogP contribution in [0.2, 0.25) is 10.0 Å². The normalized spacial score (nSPS) is 10.1. The van der Waals surface area contributed by atoms with Crippen molar-refractivity contribution in [1.29, 1.82) is 0 Å². The zero-order valence-electron chi connectivity index (χ0n) is 18.1. The van der Waals surface area contributed by atoms with Gasteiger partial charge in [-0.2, -0.15) is 0 Å². The van der Waals surface area contributed by atoms with Gasteiger partial charge in [-0.3, -0.25) is 20.4 Å². The topological polar surface area (TPSA) is 107 Å². The number of halogens is 2. The van der Waals surface area contributed by atoms with Crippen LogP contribution in [0.3, 0.4) is 0 Å². The van der Waals surface area contributed by atoms with Gasteiger partial charge in [0.2, 0.25) is 11.7 Å². The van der Waals surface area contributed by atoms with Crippen molar-refractivity contribution in [3.8, 4) is 23.0 Å². The molecule has 3 N–H and O–H groups in total. The first-order valence-corrected chi connectivity index (χ1v) is 10.7. The van der Waals surface area contributed by atoms with E-state index in [-0.39, 0.29) is 29.6 Å². The molecule has 0 saturated heterocycles. The van der Waals surface area contributed by atoms with Crippen molar-refractivity contribution in [2.24, 2.45) is 0 Å². The molecule has 0 bridgehead atoms. The maximum atomic E-state index is 12.4. The van der Waals surface area contributed by atoms with E-state index in [1.807, 2.05) is 0 Å². The van der Waals surface area contributed by atoms with Gasteiger partial charge in [0.25, 0.3) is 5.91 Å². The molecule has 12 heteroatoms. The van der Waals surface area contributed by atoms with Crippen LogP contribution in [-0.2, 0) is 4.79 Å². The molecule has 2 amide bonds. The molecule has 0 aromatic heterocycles. The summed E-state index contributed by atoms with van der Waals surface area (Å²) < 4.78 is 21.2. The van der Waals surface area contributed by atoms with Crippen LogP contribution >= 0.6 is 35.4 Å². The van der Waals surface area contributed by atoms with Gasteiger partial charge in [0.1, 0.15) is 5.75 Å². The second kappa shape index (κ2) is 12.9. The summed E-state index contributed by atoms with van der Waals surface area (Å²) in [6.07, 6.45) is 0.569. The van der Waals surface area contributed by atoms with Crippen LogP contribution in [-0.4, -0.2) is 44.9 Å². The van der Waals surface area contributed by atoms with E-state index in [1.54, 1.807) is 18.2 Å². The number of hydrogen-bond donors (Lipinski definition) is 3. The molecule has 0 aliphatic heterocycles. The third kappa shape index (κ3) is 7.85. The molecule has 0 aliphatic rings. The van der Waals surface area contributed by atoms with Crippen molar-refractivity contribution in [3.05, 3.63) is 45.9 Å². The number of methoxy groups -OCH3 is 3. The summed E-state index contributed by atoms with van der Waals surface area (Å²) in [5, 5.41) is 3.29. The van der Waals surface area contributed by atoms with E-state index >= 15 is 0 Å². The van der Waals surface area contributed by atoms with Gasteiger partial charge in [0, 0.05) is 17.0 Å². The fourth-order valence-corrected chi connectivity index (χ4v) is 3.25. The Morgan fingerprint density at radius 3 is 2.18 bits per heavy atom. The molecule has 0 aliphatic carbocycles. The van der Waals surface area contributed by atoms with Crippen molar-refractivity contribution >= 4 is 52.3 Å². The quantitative estimate of drug-likeness (QED) is 0.264.